The zero-order valence-corrected chi connectivity index (χ0v) is 14.4. The number of carbonyl (C=O) groups is 1. The number of carbonyl (C=O) groups excluding carboxylic acids is 1. The molecule has 1 aromatic carbocycles. The lowest BCUT2D eigenvalue weighted by molar-refractivity contribution is 0.0680. The Labute approximate surface area is 145 Å². The van der Waals surface area contributed by atoms with Gasteiger partial charge in [-0.1, -0.05) is 6.07 Å². The Bertz CT molecular complexity index is 712. The van der Waals surface area contributed by atoms with Crippen molar-refractivity contribution in [3.63, 3.8) is 0 Å². The molecule has 1 aromatic heterocycles. The summed E-state index contributed by atoms with van der Waals surface area (Å²) in [6, 6.07) is 9.60. The van der Waals surface area contributed by atoms with Crippen LogP contribution in [0, 0.1) is 0 Å². The highest BCUT2D eigenvalue weighted by atomic mass is 32.1. The Morgan fingerprint density at radius 3 is 3.08 bits per heavy atom. The van der Waals surface area contributed by atoms with Crippen molar-refractivity contribution in [1.29, 1.82) is 0 Å². The van der Waals surface area contributed by atoms with Gasteiger partial charge in [0.15, 0.2) is 0 Å². The van der Waals surface area contributed by atoms with Gasteiger partial charge in [0.2, 0.25) is 0 Å². The highest BCUT2D eigenvalue weighted by molar-refractivity contribution is 7.14. The molecule has 4 nitrogen and oxygen atoms in total. The molecule has 2 aliphatic rings. The molecule has 1 unspecified atom stereocenters. The van der Waals surface area contributed by atoms with Gasteiger partial charge < -0.3 is 14.8 Å². The highest BCUT2D eigenvalue weighted by Crippen LogP contribution is 2.31. The molecule has 2 aromatic rings. The third-order valence-electron chi connectivity index (χ3n) is 4.52. The topological polar surface area (TPSA) is 47.6 Å². The first kappa shape index (κ1) is 15.7. The van der Waals surface area contributed by atoms with Gasteiger partial charge in [-0.25, -0.2) is 0 Å². The lowest BCUT2D eigenvalue weighted by Crippen LogP contribution is -2.16. The number of ether oxygens (including phenoxy) is 2. The van der Waals surface area contributed by atoms with Crippen molar-refractivity contribution in [2.45, 2.75) is 38.2 Å². The molecule has 0 radical (unpaired) electrons. The number of benzene rings is 1. The maximum atomic E-state index is 12.4. The van der Waals surface area contributed by atoms with Crippen molar-refractivity contribution in [1.82, 2.24) is 0 Å². The number of rotatable bonds is 5. The van der Waals surface area contributed by atoms with E-state index in [9.17, 15) is 4.79 Å². The number of aryl methyl sites for hydroxylation is 2. The molecule has 5 heteroatoms. The first-order chi connectivity index (χ1) is 11.8. The summed E-state index contributed by atoms with van der Waals surface area (Å²) in [5, 5.41) is 2.98. The van der Waals surface area contributed by atoms with Crippen molar-refractivity contribution in [2.24, 2.45) is 0 Å². The Kier molecular flexibility index (Phi) is 4.54. The number of anilines is 1. The van der Waals surface area contributed by atoms with Crippen LogP contribution in [0.5, 0.6) is 5.75 Å². The van der Waals surface area contributed by atoms with E-state index in [0.29, 0.717) is 6.61 Å². The molecule has 1 saturated heterocycles. The molecule has 1 atom stereocenters. The molecule has 1 N–H and O–H groups in total. The van der Waals surface area contributed by atoms with E-state index in [-0.39, 0.29) is 12.0 Å². The van der Waals surface area contributed by atoms with E-state index in [1.807, 2.05) is 30.3 Å². The standard InChI is InChI=1S/C19H21NO3S/c21-19(18-10-13-4-1-8-17(13)24-18)20-14-5-2-6-15(11-14)23-12-16-7-3-9-22-16/h2,5-6,10-11,16H,1,3-4,7-9,12H2,(H,20,21). The Hall–Kier alpha value is -1.85. The highest BCUT2D eigenvalue weighted by Gasteiger charge is 2.19. The van der Waals surface area contributed by atoms with E-state index in [2.05, 4.69) is 5.32 Å². The summed E-state index contributed by atoms with van der Waals surface area (Å²) in [4.78, 5) is 14.6. The zero-order valence-electron chi connectivity index (χ0n) is 13.5. The predicted molar refractivity (Wildman–Crippen MR) is 95.2 cm³/mol. The van der Waals surface area contributed by atoms with Crippen molar-refractivity contribution >= 4 is 22.9 Å². The fourth-order valence-corrected chi connectivity index (χ4v) is 4.41. The van der Waals surface area contributed by atoms with Crippen LogP contribution in [-0.4, -0.2) is 25.2 Å². The predicted octanol–water partition coefficient (Wildman–Crippen LogP) is 4.05. The Morgan fingerprint density at radius 2 is 2.25 bits per heavy atom. The van der Waals surface area contributed by atoms with Gasteiger partial charge in [0.05, 0.1) is 11.0 Å². The molecule has 4 rings (SSSR count). The van der Waals surface area contributed by atoms with Gasteiger partial charge in [0, 0.05) is 23.2 Å². The van der Waals surface area contributed by atoms with Crippen molar-refractivity contribution in [3.05, 3.63) is 45.6 Å². The fourth-order valence-electron chi connectivity index (χ4n) is 3.26. The van der Waals surface area contributed by atoms with Crippen LogP contribution in [0.3, 0.4) is 0 Å². The van der Waals surface area contributed by atoms with Crippen LogP contribution in [0.4, 0.5) is 5.69 Å². The van der Waals surface area contributed by atoms with Gasteiger partial charge in [-0.3, -0.25) is 4.79 Å². The summed E-state index contributed by atoms with van der Waals surface area (Å²) in [6.45, 7) is 1.39. The lowest BCUT2D eigenvalue weighted by atomic mass is 10.2. The van der Waals surface area contributed by atoms with Crippen LogP contribution in [0.25, 0.3) is 0 Å². The molecule has 0 saturated carbocycles. The molecule has 0 bridgehead atoms. The SMILES string of the molecule is O=C(Nc1cccc(OCC2CCCO2)c1)c1cc2c(s1)CCC2. The molecule has 2 heterocycles. The number of thiophene rings is 1. The Morgan fingerprint density at radius 1 is 1.29 bits per heavy atom. The van der Waals surface area contributed by atoms with Crippen molar-refractivity contribution < 1.29 is 14.3 Å². The quantitative estimate of drug-likeness (QED) is 0.891. The number of nitrogens with one attached hydrogen (secondary N) is 1. The van der Waals surface area contributed by atoms with Crippen LogP contribution in [0.15, 0.2) is 30.3 Å². The van der Waals surface area contributed by atoms with E-state index in [0.717, 1.165) is 48.6 Å². The van der Waals surface area contributed by atoms with Gasteiger partial charge in [0.25, 0.3) is 5.91 Å². The normalized spacial score (nSPS) is 19.2. The van der Waals surface area contributed by atoms with E-state index in [1.165, 1.54) is 16.9 Å². The molecular weight excluding hydrogens is 322 g/mol. The number of hydrogen-bond acceptors (Lipinski definition) is 4. The van der Waals surface area contributed by atoms with Gasteiger partial charge in [-0.15, -0.1) is 11.3 Å². The molecule has 1 amide bonds. The van der Waals surface area contributed by atoms with E-state index >= 15 is 0 Å². The van der Waals surface area contributed by atoms with E-state index < -0.39 is 0 Å². The maximum absolute atomic E-state index is 12.4. The molecule has 1 aliphatic heterocycles. The van der Waals surface area contributed by atoms with Gasteiger partial charge in [-0.05, 0) is 55.9 Å². The molecule has 126 valence electrons. The van der Waals surface area contributed by atoms with Crippen molar-refractivity contribution in [3.8, 4) is 5.75 Å². The molecule has 0 spiro atoms. The van der Waals surface area contributed by atoms with Crippen LogP contribution in [-0.2, 0) is 17.6 Å². The van der Waals surface area contributed by atoms with E-state index in [1.54, 1.807) is 11.3 Å². The summed E-state index contributed by atoms with van der Waals surface area (Å²) < 4.78 is 11.4. The number of hydrogen-bond donors (Lipinski definition) is 1. The zero-order chi connectivity index (χ0) is 16.4. The Balaban J connectivity index is 1.38. The summed E-state index contributed by atoms with van der Waals surface area (Å²) in [7, 11) is 0. The minimum absolute atomic E-state index is 0.0364. The summed E-state index contributed by atoms with van der Waals surface area (Å²) >= 11 is 1.62. The average molecular weight is 343 g/mol. The van der Waals surface area contributed by atoms with Gasteiger partial charge in [-0.2, -0.15) is 0 Å². The molecule has 1 fully saturated rings. The average Bonchev–Trinajstić information content (AvgIpc) is 3.30. The van der Waals surface area contributed by atoms with Crippen LogP contribution < -0.4 is 10.1 Å². The second kappa shape index (κ2) is 6.95. The van der Waals surface area contributed by atoms with Gasteiger partial charge >= 0.3 is 0 Å². The molecule has 24 heavy (non-hydrogen) atoms. The third-order valence-corrected chi connectivity index (χ3v) is 5.76. The smallest absolute Gasteiger partial charge is 0.265 e. The second-order valence-corrected chi connectivity index (χ2v) is 7.48. The van der Waals surface area contributed by atoms with Gasteiger partial charge in [0.1, 0.15) is 12.4 Å². The largest absolute Gasteiger partial charge is 0.491 e. The summed E-state index contributed by atoms with van der Waals surface area (Å²) in [5.74, 6) is 0.725. The molecule has 1 aliphatic carbocycles. The summed E-state index contributed by atoms with van der Waals surface area (Å²) in [5.41, 5.74) is 2.11. The maximum Gasteiger partial charge on any atom is 0.265 e. The fraction of sp³-hybridized carbons (Fsp3) is 0.421. The van der Waals surface area contributed by atoms with E-state index in [4.69, 9.17) is 9.47 Å². The number of fused-ring (bicyclic) bond motifs is 1. The molecular formula is C19H21NO3S. The summed E-state index contributed by atoms with van der Waals surface area (Å²) in [6.07, 6.45) is 5.78. The monoisotopic (exact) mass is 343 g/mol. The first-order valence-electron chi connectivity index (χ1n) is 8.55. The number of amides is 1. The van der Waals surface area contributed by atoms with Crippen LogP contribution in [0.2, 0.25) is 0 Å². The van der Waals surface area contributed by atoms with Crippen LogP contribution in [0.1, 0.15) is 39.4 Å². The first-order valence-corrected chi connectivity index (χ1v) is 9.37. The second-order valence-electron chi connectivity index (χ2n) is 6.34. The minimum Gasteiger partial charge on any atom is -0.491 e. The minimum atomic E-state index is -0.0364. The van der Waals surface area contributed by atoms with Crippen molar-refractivity contribution in [2.75, 3.05) is 18.5 Å². The van der Waals surface area contributed by atoms with Crippen LogP contribution >= 0.6 is 11.3 Å². The lowest BCUT2D eigenvalue weighted by Gasteiger charge is -2.12. The third kappa shape index (κ3) is 3.47.